The first-order chi connectivity index (χ1) is 13.2. The van der Waals surface area contributed by atoms with E-state index < -0.39 is 0 Å². The van der Waals surface area contributed by atoms with Crippen LogP contribution in [0, 0.1) is 0 Å². The second kappa shape index (κ2) is 8.45. The molecular formula is C21H19ClN4O2. The molecule has 0 spiro atoms. The van der Waals surface area contributed by atoms with Crippen molar-refractivity contribution in [1.82, 2.24) is 9.97 Å². The highest BCUT2D eigenvalue weighted by molar-refractivity contribution is 5.92. The highest BCUT2D eigenvalue weighted by Gasteiger charge is 2.08. The van der Waals surface area contributed by atoms with Crippen molar-refractivity contribution in [3.63, 3.8) is 0 Å². The maximum atomic E-state index is 9.43. The number of hydrogen-bond donors (Lipinski definition) is 3. The number of anilines is 4. The molecule has 142 valence electrons. The van der Waals surface area contributed by atoms with Crippen LogP contribution < -0.4 is 15.4 Å². The number of nitrogens with one attached hydrogen (secondary N) is 2. The van der Waals surface area contributed by atoms with Crippen LogP contribution >= 0.6 is 12.4 Å². The van der Waals surface area contributed by atoms with Crippen LogP contribution in [-0.4, -0.2) is 22.2 Å². The zero-order chi connectivity index (χ0) is 18.6. The molecule has 7 heteroatoms. The smallest absolute Gasteiger partial charge is 0.229 e. The molecule has 0 fully saturated rings. The third-order valence-corrected chi connectivity index (χ3v) is 4.08. The largest absolute Gasteiger partial charge is 0.508 e. The zero-order valence-electron chi connectivity index (χ0n) is 15.1. The van der Waals surface area contributed by atoms with Crippen molar-refractivity contribution in [2.75, 3.05) is 17.7 Å². The lowest BCUT2D eigenvalue weighted by atomic mass is 10.2. The monoisotopic (exact) mass is 394 g/mol. The minimum absolute atomic E-state index is 0. The number of halogens is 1. The first kappa shape index (κ1) is 19.3. The molecule has 0 aliphatic heterocycles. The van der Waals surface area contributed by atoms with Crippen LogP contribution in [0.5, 0.6) is 11.5 Å². The van der Waals surface area contributed by atoms with Crippen molar-refractivity contribution in [2.45, 2.75) is 0 Å². The Labute approximate surface area is 168 Å². The molecule has 0 radical (unpaired) electrons. The fourth-order valence-electron chi connectivity index (χ4n) is 2.71. The van der Waals surface area contributed by atoms with Gasteiger partial charge in [-0.2, -0.15) is 4.98 Å². The van der Waals surface area contributed by atoms with E-state index in [0.717, 1.165) is 28.0 Å². The second-order valence-corrected chi connectivity index (χ2v) is 5.94. The highest BCUT2D eigenvalue weighted by atomic mass is 35.5. The molecule has 0 amide bonds. The van der Waals surface area contributed by atoms with Gasteiger partial charge in [0, 0.05) is 16.8 Å². The summed E-state index contributed by atoms with van der Waals surface area (Å²) in [6, 6.07) is 22.2. The van der Waals surface area contributed by atoms with Crippen molar-refractivity contribution in [1.29, 1.82) is 0 Å². The lowest BCUT2D eigenvalue weighted by Crippen LogP contribution is -2.02. The first-order valence-corrected chi connectivity index (χ1v) is 8.45. The standard InChI is InChI=1S/C21H18N4O2.ClH/c1-27-17-12-8-14(9-13-17)22-20-18-4-2-3-5-19(18)24-21(25-20)23-15-6-10-16(26)11-7-15;/h2-13,26H,1H3,(H2,22,23,24,25);1H. The first-order valence-electron chi connectivity index (χ1n) is 8.45. The number of phenols is 1. The van der Waals surface area contributed by atoms with Crippen LogP contribution in [0.4, 0.5) is 23.1 Å². The number of ether oxygens (including phenoxy) is 1. The van der Waals surface area contributed by atoms with E-state index in [2.05, 4.69) is 20.6 Å². The van der Waals surface area contributed by atoms with E-state index in [1.165, 1.54) is 0 Å². The Kier molecular flexibility index (Phi) is 5.81. The molecule has 0 atom stereocenters. The lowest BCUT2D eigenvalue weighted by Gasteiger charge is -2.12. The number of para-hydroxylation sites is 1. The molecule has 0 saturated heterocycles. The summed E-state index contributed by atoms with van der Waals surface area (Å²) in [6.07, 6.45) is 0. The van der Waals surface area contributed by atoms with Crippen LogP contribution in [0.15, 0.2) is 72.8 Å². The van der Waals surface area contributed by atoms with E-state index in [9.17, 15) is 5.11 Å². The van der Waals surface area contributed by atoms with Crippen LogP contribution in [0.1, 0.15) is 0 Å². The van der Waals surface area contributed by atoms with Gasteiger partial charge in [0.2, 0.25) is 5.95 Å². The Hall–Kier alpha value is -3.51. The number of aromatic hydroxyl groups is 1. The topological polar surface area (TPSA) is 79.3 Å². The van der Waals surface area contributed by atoms with Crippen molar-refractivity contribution < 1.29 is 9.84 Å². The number of benzene rings is 3. The van der Waals surface area contributed by atoms with Gasteiger partial charge in [-0.15, -0.1) is 12.4 Å². The number of fused-ring (bicyclic) bond motifs is 1. The summed E-state index contributed by atoms with van der Waals surface area (Å²) < 4.78 is 5.20. The van der Waals surface area contributed by atoms with E-state index in [1.807, 2.05) is 48.5 Å². The Morgan fingerprint density at radius 3 is 2.14 bits per heavy atom. The molecule has 1 aromatic heterocycles. The Morgan fingerprint density at radius 2 is 1.43 bits per heavy atom. The normalized spacial score (nSPS) is 10.2. The predicted octanol–water partition coefficient (Wildman–Crippen LogP) is 5.25. The Balaban J connectivity index is 0.00000225. The van der Waals surface area contributed by atoms with Crippen LogP contribution in [-0.2, 0) is 0 Å². The van der Waals surface area contributed by atoms with E-state index in [0.29, 0.717) is 11.8 Å². The number of phenolic OH excluding ortho intramolecular Hbond substituents is 1. The van der Waals surface area contributed by atoms with Crippen LogP contribution in [0.25, 0.3) is 10.9 Å². The Bertz CT molecular complexity index is 1070. The van der Waals surface area contributed by atoms with Gasteiger partial charge in [0.25, 0.3) is 0 Å². The predicted molar refractivity (Wildman–Crippen MR) is 114 cm³/mol. The molecule has 0 aliphatic carbocycles. The minimum atomic E-state index is 0. The average Bonchev–Trinajstić information content (AvgIpc) is 2.70. The van der Waals surface area contributed by atoms with Crippen molar-refractivity contribution >= 4 is 46.5 Å². The van der Waals surface area contributed by atoms with Crippen molar-refractivity contribution in [3.8, 4) is 11.5 Å². The number of aromatic nitrogens is 2. The SMILES string of the molecule is COc1ccc(Nc2nc(Nc3ccc(O)cc3)nc3ccccc23)cc1.Cl. The van der Waals surface area contributed by atoms with Gasteiger partial charge in [-0.3, -0.25) is 0 Å². The molecular weight excluding hydrogens is 376 g/mol. The van der Waals surface area contributed by atoms with E-state index in [4.69, 9.17) is 4.74 Å². The van der Waals surface area contributed by atoms with Gasteiger partial charge in [-0.1, -0.05) is 12.1 Å². The summed E-state index contributed by atoms with van der Waals surface area (Å²) in [5.74, 6) is 2.17. The van der Waals surface area contributed by atoms with Gasteiger partial charge in [-0.05, 0) is 60.7 Å². The molecule has 0 aliphatic rings. The third-order valence-electron chi connectivity index (χ3n) is 4.08. The van der Waals surface area contributed by atoms with Gasteiger partial charge >= 0.3 is 0 Å². The second-order valence-electron chi connectivity index (χ2n) is 5.94. The molecule has 0 bridgehead atoms. The summed E-state index contributed by atoms with van der Waals surface area (Å²) in [5, 5.41) is 16.9. The van der Waals surface area contributed by atoms with E-state index in [-0.39, 0.29) is 18.2 Å². The summed E-state index contributed by atoms with van der Waals surface area (Å²) in [7, 11) is 1.64. The summed E-state index contributed by atoms with van der Waals surface area (Å²) in [4.78, 5) is 9.21. The lowest BCUT2D eigenvalue weighted by molar-refractivity contribution is 0.415. The number of nitrogens with zero attached hydrogens (tertiary/aromatic N) is 2. The fraction of sp³-hybridized carbons (Fsp3) is 0.0476. The summed E-state index contributed by atoms with van der Waals surface area (Å²) in [6.45, 7) is 0. The number of rotatable bonds is 5. The highest BCUT2D eigenvalue weighted by Crippen LogP contribution is 2.27. The molecule has 3 N–H and O–H groups in total. The van der Waals surface area contributed by atoms with Gasteiger partial charge in [0.15, 0.2) is 0 Å². The third kappa shape index (κ3) is 4.24. The Morgan fingerprint density at radius 1 is 0.786 bits per heavy atom. The maximum Gasteiger partial charge on any atom is 0.229 e. The van der Waals surface area contributed by atoms with Gasteiger partial charge in [0.1, 0.15) is 17.3 Å². The van der Waals surface area contributed by atoms with Crippen LogP contribution in [0.2, 0.25) is 0 Å². The molecule has 0 unspecified atom stereocenters. The van der Waals surface area contributed by atoms with E-state index in [1.54, 1.807) is 31.4 Å². The quantitative estimate of drug-likeness (QED) is 0.401. The average molecular weight is 395 g/mol. The minimum Gasteiger partial charge on any atom is -0.508 e. The number of methoxy groups -OCH3 is 1. The molecule has 1 heterocycles. The van der Waals surface area contributed by atoms with Crippen molar-refractivity contribution in [3.05, 3.63) is 72.8 Å². The fourth-order valence-corrected chi connectivity index (χ4v) is 2.71. The maximum absolute atomic E-state index is 9.43. The molecule has 3 aromatic carbocycles. The number of hydrogen-bond acceptors (Lipinski definition) is 6. The van der Waals surface area contributed by atoms with Gasteiger partial charge < -0.3 is 20.5 Å². The molecule has 6 nitrogen and oxygen atoms in total. The zero-order valence-corrected chi connectivity index (χ0v) is 15.9. The van der Waals surface area contributed by atoms with E-state index >= 15 is 0 Å². The molecule has 4 rings (SSSR count). The molecule has 0 saturated carbocycles. The van der Waals surface area contributed by atoms with Gasteiger partial charge in [0.05, 0.1) is 12.6 Å². The molecule has 28 heavy (non-hydrogen) atoms. The van der Waals surface area contributed by atoms with Crippen LogP contribution in [0.3, 0.4) is 0 Å². The molecule has 4 aromatic rings. The van der Waals surface area contributed by atoms with Gasteiger partial charge in [-0.25, -0.2) is 4.98 Å². The summed E-state index contributed by atoms with van der Waals surface area (Å²) in [5.41, 5.74) is 2.51. The van der Waals surface area contributed by atoms with Crippen molar-refractivity contribution in [2.24, 2.45) is 0 Å². The summed E-state index contributed by atoms with van der Waals surface area (Å²) >= 11 is 0.